The molecule has 0 aliphatic carbocycles. The van der Waals surface area contributed by atoms with Crippen LogP contribution in [0.1, 0.15) is 66.5 Å². The van der Waals surface area contributed by atoms with Crippen LogP contribution in [0.5, 0.6) is 0 Å². The Morgan fingerprint density at radius 2 is 1.00 bits per heavy atom. The van der Waals surface area contributed by atoms with E-state index < -0.39 is 22.2 Å². The van der Waals surface area contributed by atoms with Crippen LogP contribution in [0.3, 0.4) is 0 Å². The molecule has 0 unspecified atom stereocenters. The van der Waals surface area contributed by atoms with Gasteiger partial charge in [0.25, 0.3) is 0 Å². The molecule has 0 atom stereocenters. The third kappa shape index (κ3) is 2.73. The van der Waals surface area contributed by atoms with E-state index in [1.807, 2.05) is 12.1 Å². The minimum Gasteiger partial charge on any atom is -0.714 e. The van der Waals surface area contributed by atoms with Crippen LogP contribution in [0.2, 0.25) is 0 Å². The topological polar surface area (TPSA) is 98.4 Å². The molecule has 2 aromatic heterocycles. The van der Waals surface area contributed by atoms with Crippen molar-refractivity contribution in [3.05, 3.63) is 44.4 Å². The highest BCUT2D eigenvalue weighted by Crippen LogP contribution is 2.41. The van der Waals surface area contributed by atoms with Crippen molar-refractivity contribution in [1.29, 1.82) is 0 Å². The molecule has 0 N–H and O–H groups in total. The quantitative estimate of drug-likeness (QED) is 0.483. The van der Waals surface area contributed by atoms with E-state index in [9.17, 15) is 20.8 Å². The van der Waals surface area contributed by atoms with Gasteiger partial charge < -0.3 is 10.4 Å². The van der Waals surface area contributed by atoms with E-state index in [4.69, 9.17) is 0 Å². The van der Waals surface area contributed by atoms with Gasteiger partial charge in [-0.05, 0) is 67.5 Å². The Labute approximate surface area is 196 Å². The molecule has 4 rings (SSSR count). The third-order valence-corrected chi connectivity index (χ3v) is 9.81. The number of rotatable bonds is 3. The molecule has 0 fully saturated rings. The highest BCUT2D eigenvalue weighted by atomic mass is 32.1. The Bertz CT molecular complexity index is 1070. The van der Waals surface area contributed by atoms with E-state index in [2.05, 4.69) is 0 Å². The molecule has 2 aliphatic heterocycles. The van der Waals surface area contributed by atoms with Crippen molar-refractivity contribution < 1.29 is 19.9 Å². The molecule has 0 spiro atoms. The lowest BCUT2D eigenvalue weighted by Gasteiger charge is -2.32. The van der Waals surface area contributed by atoms with Crippen LogP contribution in [-0.2, 0) is 10.4 Å². The highest BCUT2D eigenvalue weighted by Gasteiger charge is 2.61. The summed E-state index contributed by atoms with van der Waals surface area (Å²) in [5.41, 5.74) is -2.39. The van der Waals surface area contributed by atoms with Crippen LogP contribution in [0.4, 0.5) is 0 Å². The van der Waals surface area contributed by atoms with Gasteiger partial charge >= 0.3 is 11.7 Å². The smallest absolute Gasteiger partial charge is 0.317 e. The SMILES string of the molecule is CC1(C)N([O])C(c2csc(-c3cc(C4=[N+]([O-])C(C)(C)C(C)(C)N4[O])cs3)c2)=[N+]([O-])C1(C)C. The number of hydroxylamine groups is 6. The molecule has 0 bridgehead atoms. The lowest BCUT2D eigenvalue weighted by Crippen LogP contribution is -2.53. The van der Waals surface area contributed by atoms with Crippen molar-refractivity contribution in [3.63, 3.8) is 0 Å². The van der Waals surface area contributed by atoms with Gasteiger partial charge in [0.05, 0.1) is 11.1 Å². The zero-order chi connectivity index (χ0) is 24.0. The summed E-state index contributed by atoms with van der Waals surface area (Å²) in [4.78, 5) is 1.72. The van der Waals surface area contributed by atoms with Gasteiger partial charge in [0.15, 0.2) is 11.1 Å². The summed E-state index contributed by atoms with van der Waals surface area (Å²) in [7, 11) is 0. The lowest BCUT2D eigenvalue weighted by atomic mass is 9.84. The highest BCUT2D eigenvalue weighted by molar-refractivity contribution is 7.20. The summed E-state index contributed by atoms with van der Waals surface area (Å²) in [6.45, 7) is 14.1. The molecule has 2 aliphatic rings. The van der Waals surface area contributed by atoms with Crippen LogP contribution in [0.15, 0.2) is 22.9 Å². The van der Waals surface area contributed by atoms with Gasteiger partial charge in [0.2, 0.25) is 0 Å². The Morgan fingerprint density at radius 3 is 1.25 bits per heavy atom. The molecule has 0 amide bonds. The molecule has 10 heteroatoms. The van der Waals surface area contributed by atoms with Crippen LogP contribution in [0.25, 0.3) is 9.75 Å². The van der Waals surface area contributed by atoms with Crippen molar-refractivity contribution in [3.8, 4) is 9.75 Å². The average molecular weight is 477 g/mol. The Hall–Kier alpha value is -2.14. The van der Waals surface area contributed by atoms with Gasteiger partial charge in [-0.2, -0.15) is 0 Å². The maximum Gasteiger partial charge on any atom is 0.317 e. The normalized spacial score (nSPS) is 23.6. The molecule has 8 nitrogen and oxygen atoms in total. The van der Waals surface area contributed by atoms with Crippen LogP contribution in [0, 0.1) is 10.4 Å². The van der Waals surface area contributed by atoms with Crippen molar-refractivity contribution in [2.75, 3.05) is 0 Å². The first-order chi connectivity index (χ1) is 14.6. The lowest BCUT2D eigenvalue weighted by molar-refractivity contribution is -0.539. The molecule has 0 aromatic carbocycles. The summed E-state index contributed by atoms with van der Waals surface area (Å²) in [6.07, 6.45) is 0. The van der Waals surface area contributed by atoms with Crippen molar-refractivity contribution in [2.45, 2.75) is 77.5 Å². The van der Waals surface area contributed by atoms with E-state index in [1.54, 1.807) is 66.2 Å². The molecular weight excluding hydrogens is 448 g/mol. The van der Waals surface area contributed by atoms with Gasteiger partial charge in [-0.3, -0.25) is 9.48 Å². The van der Waals surface area contributed by atoms with E-state index >= 15 is 0 Å². The fourth-order valence-electron chi connectivity index (χ4n) is 3.85. The molecule has 0 saturated heterocycles. The van der Waals surface area contributed by atoms with E-state index in [0.29, 0.717) is 11.1 Å². The fraction of sp³-hybridized carbons (Fsp3) is 0.545. The Balaban J connectivity index is 1.71. The summed E-state index contributed by atoms with van der Waals surface area (Å²) in [6, 6.07) is 3.64. The van der Waals surface area contributed by atoms with Crippen LogP contribution < -0.4 is 0 Å². The number of amidine groups is 2. The first-order valence-electron chi connectivity index (χ1n) is 10.4. The monoisotopic (exact) mass is 476 g/mol. The molecule has 2 aromatic rings. The first kappa shape index (κ1) is 23.0. The maximum atomic E-state index is 12.9. The number of thiophene rings is 2. The van der Waals surface area contributed by atoms with E-state index in [1.165, 1.54) is 22.7 Å². The second-order valence-electron chi connectivity index (χ2n) is 10.5. The minimum atomic E-state index is -0.879. The van der Waals surface area contributed by atoms with Crippen LogP contribution in [-0.4, -0.2) is 53.4 Å². The number of hydrogen-bond donors (Lipinski definition) is 0. The minimum absolute atomic E-state index is 0.101. The Morgan fingerprint density at radius 1 is 0.688 bits per heavy atom. The summed E-state index contributed by atoms with van der Waals surface area (Å²) in [5.74, 6) is 0.203. The van der Waals surface area contributed by atoms with Crippen LogP contribution >= 0.6 is 22.7 Å². The average Bonchev–Trinajstić information content (AvgIpc) is 3.40. The Kier molecular flexibility index (Phi) is 4.82. The summed E-state index contributed by atoms with van der Waals surface area (Å²) < 4.78 is 1.60. The second-order valence-corrected chi connectivity index (χ2v) is 12.3. The molecule has 32 heavy (non-hydrogen) atoms. The molecule has 2 radical (unpaired) electrons. The van der Waals surface area contributed by atoms with Gasteiger partial charge in [-0.1, -0.05) is 10.1 Å². The number of hydrogen-bond acceptors (Lipinski definition) is 6. The van der Waals surface area contributed by atoms with Crippen molar-refractivity contribution in [1.82, 2.24) is 10.1 Å². The zero-order valence-electron chi connectivity index (χ0n) is 19.5. The molecule has 0 saturated carbocycles. The predicted molar refractivity (Wildman–Crippen MR) is 124 cm³/mol. The van der Waals surface area contributed by atoms with Gasteiger partial charge in [-0.25, -0.2) is 0 Å². The molecular formula is C22H28N4O4S2. The van der Waals surface area contributed by atoms with E-state index in [-0.39, 0.29) is 11.7 Å². The predicted octanol–water partition coefficient (Wildman–Crippen LogP) is 4.43. The first-order valence-corrected chi connectivity index (χ1v) is 12.1. The van der Waals surface area contributed by atoms with Gasteiger partial charge in [0.1, 0.15) is 11.1 Å². The second kappa shape index (κ2) is 6.69. The fourth-order valence-corrected chi connectivity index (χ4v) is 5.74. The third-order valence-electron chi connectivity index (χ3n) is 7.75. The largest absolute Gasteiger partial charge is 0.714 e. The summed E-state index contributed by atoms with van der Waals surface area (Å²) >= 11 is 2.83. The number of nitrogens with zero attached hydrogens (tertiary/aromatic N) is 4. The molecule has 172 valence electrons. The van der Waals surface area contributed by atoms with Gasteiger partial charge in [0, 0.05) is 30.9 Å². The standard InChI is InChI=1S/C22H28N4O4S2/c1-19(2)20(3,4)24(28)17(23(19)27)13-9-15(31-11-13)16-10-14(12-32-16)18-25(29)21(5,6)22(7,8)26(18)30/h9-12H,1-8H3. The van der Waals surface area contributed by atoms with Gasteiger partial charge in [-0.15, -0.1) is 22.7 Å². The van der Waals surface area contributed by atoms with E-state index in [0.717, 1.165) is 29.4 Å². The zero-order valence-corrected chi connectivity index (χ0v) is 21.2. The summed E-state index contributed by atoms with van der Waals surface area (Å²) in [5, 5.41) is 56.9. The molecule has 4 heterocycles. The maximum absolute atomic E-state index is 12.9. The van der Waals surface area contributed by atoms with Crippen molar-refractivity contribution in [2.24, 2.45) is 0 Å². The van der Waals surface area contributed by atoms with Crippen molar-refractivity contribution >= 4 is 34.3 Å².